The Morgan fingerprint density at radius 1 is 1.30 bits per heavy atom. The molecule has 1 aliphatic carbocycles. The first kappa shape index (κ1) is 13.2. The Hall–Kier alpha value is -1.81. The molecular weight excluding hydrogens is 318 g/mol. The number of benzene rings is 2. The monoisotopic (exact) mass is 331 g/mol. The van der Waals surface area contributed by atoms with Gasteiger partial charge in [-0.2, -0.15) is 0 Å². The van der Waals surface area contributed by atoms with Crippen LogP contribution in [0.25, 0.3) is 0 Å². The van der Waals surface area contributed by atoms with Crippen LogP contribution in [0.5, 0.6) is 5.75 Å². The molecule has 1 atom stereocenters. The Kier molecular flexibility index (Phi) is 3.49. The van der Waals surface area contributed by atoms with E-state index in [0.717, 1.165) is 27.9 Å². The minimum atomic E-state index is -0.0516. The number of amides is 1. The highest BCUT2D eigenvalue weighted by molar-refractivity contribution is 9.10. The number of hydrogen-bond acceptors (Lipinski definition) is 2. The van der Waals surface area contributed by atoms with E-state index in [9.17, 15) is 4.79 Å². The number of halogens is 1. The first-order valence-electron chi connectivity index (χ1n) is 6.41. The van der Waals surface area contributed by atoms with E-state index in [1.165, 1.54) is 5.56 Å². The summed E-state index contributed by atoms with van der Waals surface area (Å²) in [6, 6.07) is 13.6. The van der Waals surface area contributed by atoms with E-state index >= 15 is 0 Å². The smallest absolute Gasteiger partial charge is 0.232 e. The van der Waals surface area contributed by atoms with Crippen molar-refractivity contribution >= 4 is 27.5 Å². The van der Waals surface area contributed by atoms with Gasteiger partial charge in [0.05, 0.1) is 18.7 Å². The van der Waals surface area contributed by atoms with Crippen LogP contribution >= 0.6 is 15.9 Å². The number of anilines is 1. The number of carbonyl (C=O) groups is 1. The summed E-state index contributed by atoms with van der Waals surface area (Å²) in [6.45, 7) is 0. The highest BCUT2D eigenvalue weighted by Gasteiger charge is 2.31. The normalized spacial score (nSPS) is 16.0. The first-order valence-corrected chi connectivity index (χ1v) is 7.20. The van der Waals surface area contributed by atoms with Crippen molar-refractivity contribution in [2.75, 3.05) is 12.4 Å². The molecule has 0 fully saturated rings. The molecule has 20 heavy (non-hydrogen) atoms. The lowest BCUT2D eigenvalue weighted by atomic mass is 9.77. The molecule has 0 aliphatic heterocycles. The minimum Gasteiger partial charge on any atom is -0.497 e. The average Bonchev–Trinajstić information content (AvgIpc) is 2.42. The molecule has 0 saturated heterocycles. The zero-order valence-corrected chi connectivity index (χ0v) is 12.6. The van der Waals surface area contributed by atoms with Crippen LogP contribution in [0.1, 0.15) is 17.0 Å². The van der Waals surface area contributed by atoms with E-state index in [2.05, 4.69) is 27.3 Å². The summed E-state index contributed by atoms with van der Waals surface area (Å²) in [7, 11) is 1.61. The maximum Gasteiger partial charge on any atom is 0.232 e. The molecule has 2 aromatic carbocycles. The zero-order chi connectivity index (χ0) is 14.1. The summed E-state index contributed by atoms with van der Waals surface area (Å²) in [5.41, 5.74) is 3.13. The number of hydrogen-bond donors (Lipinski definition) is 1. The van der Waals surface area contributed by atoms with Gasteiger partial charge in [-0.05, 0) is 45.6 Å². The Morgan fingerprint density at radius 2 is 2.10 bits per heavy atom. The maximum atomic E-state index is 12.3. The van der Waals surface area contributed by atoms with Crippen molar-refractivity contribution in [1.82, 2.24) is 0 Å². The lowest BCUT2D eigenvalue weighted by Crippen LogP contribution is -2.30. The molecule has 0 bridgehead atoms. The van der Waals surface area contributed by atoms with Gasteiger partial charge in [-0.3, -0.25) is 4.79 Å². The fourth-order valence-corrected chi connectivity index (χ4v) is 2.79. The average molecular weight is 332 g/mol. The number of carbonyl (C=O) groups excluding carboxylic acids is 1. The zero-order valence-electron chi connectivity index (χ0n) is 11.0. The highest BCUT2D eigenvalue weighted by Crippen LogP contribution is 2.36. The van der Waals surface area contributed by atoms with Crippen LogP contribution in [0.4, 0.5) is 5.69 Å². The van der Waals surface area contributed by atoms with Gasteiger partial charge in [-0.1, -0.05) is 24.3 Å². The van der Waals surface area contributed by atoms with Crippen molar-refractivity contribution in [2.24, 2.45) is 0 Å². The van der Waals surface area contributed by atoms with Gasteiger partial charge in [0.1, 0.15) is 5.75 Å². The molecule has 0 spiro atoms. The van der Waals surface area contributed by atoms with E-state index in [-0.39, 0.29) is 11.8 Å². The van der Waals surface area contributed by atoms with Crippen molar-refractivity contribution in [3.8, 4) is 5.75 Å². The third-order valence-electron chi connectivity index (χ3n) is 3.60. The third-order valence-corrected chi connectivity index (χ3v) is 4.29. The van der Waals surface area contributed by atoms with Crippen LogP contribution in [-0.4, -0.2) is 13.0 Å². The summed E-state index contributed by atoms with van der Waals surface area (Å²) >= 11 is 3.44. The van der Waals surface area contributed by atoms with Crippen LogP contribution < -0.4 is 10.1 Å². The number of rotatable bonds is 3. The SMILES string of the molecule is COc1ccc(Br)c(NC(=O)C2Cc3ccccc32)c1. The lowest BCUT2D eigenvalue weighted by molar-refractivity contribution is -0.118. The van der Waals surface area contributed by atoms with Crippen LogP contribution in [0.15, 0.2) is 46.9 Å². The third kappa shape index (κ3) is 2.31. The fourth-order valence-electron chi connectivity index (χ4n) is 2.44. The molecule has 3 nitrogen and oxygen atoms in total. The van der Waals surface area contributed by atoms with Gasteiger partial charge in [0.2, 0.25) is 5.91 Å². The molecule has 0 heterocycles. The standard InChI is InChI=1S/C16H14BrNO2/c1-20-11-6-7-14(17)15(9-11)18-16(19)13-8-10-4-2-3-5-12(10)13/h2-7,9,13H,8H2,1H3,(H,18,19). The summed E-state index contributed by atoms with van der Waals surface area (Å²) in [6.07, 6.45) is 0.809. The van der Waals surface area contributed by atoms with Gasteiger partial charge in [-0.15, -0.1) is 0 Å². The van der Waals surface area contributed by atoms with E-state index < -0.39 is 0 Å². The van der Waals surface area contributed by atoms with Crippen LogP contribution in [0.2, 0.25) is 0 Å². The quantitative estimate of drug-likeness (QED) is 0.930. The first-order chi connectivity index (χ1) is 9.69. The Labute approximate surface area is 126 Å². The molecule has 0 radical (unpaired) electrons. The molecule has 0 saturated carbocycles. The second-order valence-electron chi connectivity index (χ2n) is 4.79. The van der Waals surface area contributed by atoms with Gasteiger partial charge in [0, 0.05) is 10.5 Å². The number of nitrogens with one attached hydrogen (secondary N) is 1. The van der Waals surface area contributed by atoms with E-state index in [1.54, 1.807) is 7.11 Å². The second kappa shape index (κ2) is 5.29. The predicted octanol–water partition coefficient (Wildman–Crippen LogP) is 3.74. The molecule has 1 amide bonds. The molecule has 1 unspecified atom stereocenters. The van der Waals surface area contributed by atoms with Crippen LogP contribution in [0.3, 0.4) is 0 Å². The van der Waals surface area contributed by atoms with Crippen LogP contribution in [-0.2, 0) is 11.2 Å². The Morgan fingerprint density at radius 3 is 2.85 bits per heavy atom. The van der Waals surface area contributed by atoms with E-state index in [4.69, 9.17) is 4.74 Å². The Bertz CT molecular complexity index is 669. The largest absolute Gasteiger partial charge is 0.497 e. The minimum absolute atomic E-state index is 0.0256. The predicted molar refractivity (Wildman–Crippen MR) is 82.2 cm³/mol. The molecule has 4 heteroatoms. The van der Waals surface area contributed by atoms with E-state index in [1.807, 2.05) is 36.4 Å². The van der Waals surface area contributed by atoms with Crippen LogP contribution in [0, 0.1) is 0 Å². The van der Waals surface area contributed by atoms with Crippen molar-refractivity contribution < 1.29 is 9.53 Å². The summed E-state index contributed by atoms with van der Waals surface area (Å²) in [5, 5.41) is 2.96. The van der Waals surface area contributed by atoms with Gasteiger partial charge < -0.3 is 10.1 Å². The molecular formula is C16H14BrNO2. The van der Waals surface area contributed by atoms with Crippen molar-refractivity contribution in [3.63, 3.8) is 0 Å². The van der Waals surface area contributed by atoms with Gasteiger partial charge >= 0.3 is 0 Å². The van der Waals surface area contributed by atoms with Crippen molar-refractivity contribution in [3.05, 3.63) is 58.1 Å². The molecule has 3 rings (SSSR count). The van der Waals surface area contributed by atoms with Gasteiger partial charge in [0.25, 0.3) is 0 Å². The summed E-state index contributed by atoms with van der Waals surface area (Å²) in [5.74, 6) is 0.694. The maximum absolute atomic E-state index is 12.3. The van der Waals surface area contributed by atoms with Crippen molar-refractivity contribution in [2.45, 2.75) is 12.3 Å². The molecule has 2 aromatic rings. The number of methoxy groups -OCH3 is 1. The molecule has 0 aromatic heterocycles. The van der Waals surface area contributed by atoms with Crippen molar-refractivity contribution in [1.29, 1.82) is 0 Å². The highest BCUT2D eigenvalue weighted by atomic mass is 79.9. The molecule has 1 N–H and O–H groups in total. The number of ether oxygens (including phenoxy) is 1. The molecule has 102 valence electrons. The van der Waals surface area contributed by atoms with Gasteiger partial charge in [-0.25, -0.2) is 0 Å². The topological polar surface area (TPSA) is 38.3 Å². The fraction of sp³-hybridized carbons (Fsp3) is 0.188. The second-order valence-corrected chi connectivity index (χ2v) is 5.64. The lowest BCUT2D eigenvalue weighted by Gasteiger charge is -2.29. The molecule has 1 aliphatic rings. The Balaban J connectivity index is 1.78. The summed E-state index contributed by atoms with van der Waals surface area (Å²) < 4.78 is 6.02. The van der Waals surface area contributed by atoms with Gasteiger partial charge in [0.15, 0.2) is 0 Å². The summed E-state index contributed by atoms with van der Waals surface area (Å²) in [4.78, 5) is 12.3. The number of fused-ring (bicyclic) bond motifs is 1. The van der Waals surface area contributed by atoms with E-state index in [0.29, 0.717) is 0 Å².